The summed E-state index contributed by atoms with van der Waals surface area (Å²) in [4.78, 5) is 31.1. The Morgan fingerprint density at radius 1 is 1.10 bits per heavy atom. The first-order valence-corrected chi connectivity index (χ1v) is 12.5. The monoisotopic (exact) mass is 568 g/mol. The molecule has 216 valence electrons. The van der Waals surface area contributed by atoms with Gasteiger partial charge in [0.15, 0.2) is 11.4 Å². The van der Waals surface area contributed by atoms with Crippen LogP contribution in [0.4, 0.5) is 26.7 Å². The van der Waals surface area contributed by atoms with Crippen molar-refractivity contribution in [1.82, 2.24) is 19.6 Å². The van der Waals surface area contributed by atoms with Crippen LogP contribution in [-0.4, -0.2) is 57.2 Å². The number of hydrogen-bond acceptors (Lipinski definition) is 5. The minimum Gasteiger partial charge on any atom is -0.485 e. The molecule has 0 bridgehead atoms. The summed E-state index contributed by atoms with van der Waals surface area (Å²) in [6.45, 7) is 6.45. The van der Waals surface area contributed by atoms with E-state index < -0.39 is 67.1 Å². The van der Waals surface area contributed by atoms with Crippen LogP contribution >= 0.6 is 0 Å². The predicted octanol–water partition coefficient (Wildman–Crippen LogP) is 5.34. The van der Waals surface area contributed by atoms with E-state index in [0.717, 1.165) is 17.0 Å². The lowest BCUT2D eigenvalue weighted by atomic mass is 10.0. The lowest BCUT2D eigenvalue weighted by Gasteiger charge is -2.24. The number of carbonyl (C=O) groups excluding carboxylic acids is 2. The van der Waals surface area contributed by atoms with Gasteiger partial charge in [0.05, 0.1) is 23.2 Å². The van der Waals surface area contributed by atoms with Crippen molar-refractivity contribution in [3.05, 3.63) is 64.6 Å². The molecule has 0 saturated carbocycles. The maximum atomic E-state index is 14.1. The van der Waals surface area contributed by atoms with E-state index >= 15 is 0 Å². The highest BCUT2D eigenvalue weighted by molar-refractivity contribution is 5.95. The van der Waals surface area contributed by atoms with Crippen molar-refractivity contribution in [2.45, 2.75) is 59.0 Å². The third-order valence-electron chi connectivity index (χ3n) is 6.35. The summed E-state index contributed by atoms with van der Waals surface area (Å²) in [5.74, 6) is -4.32. The van der Waals surface area contributed by atoms with E-state index in [9.17, 15) is 31.5 Å². The molecule has 1 fully saturated rings. The number of hydrogen-bond donors (Lipinski definition) is 1. The molecule has 40 heavy (non-hydrogen) atoms. The van der Waals surface area contributed by atoms with Crippen LogP contribution in [0.25, 0.3) is 5.65 Å². The average molecular weight is 569 g/mol. The van der Waals surface area contributed by atoms with E-state index in [-0.39, 0.29) is 28.3 Å². The number of alkyl halides is 3. The van der Waals surface area contributed by atoms with Gasteiger partial charge in [-0.25, -0.2) is 18.6 Å². The summed E-state index contributed by atoms with van der Waals surface area (Å²) in [5.41, 5.74) is -0.326. The highest BCUT2D eigenvalue weighted by atomic mass is 19.4. The van der Waals surface area contributed by atoms with Crippen molar-refractivity contribution in [2.75, 3.05) is 13.1 Å². The minimum atomic E-state index is -4.69. The molecule has 1 aliphatic heterocycles. The molecule has 0 spiro atoms. The van der Waals surface area contributed by atoms with Crippen molar-refractivity contribution < 1.29 is 41.0 Å². The van der Waals surface area contributed by atoms with Crippen LogP contribution in [0.3, 0.4) is 0 Å². The molecule has 2 amide bonds. The average Bonchev–Trinajstić information content (AvgIpc) is 3.38. The molecule has 1 saturated heterocycles. The molecule has 2 aromatic heterocycles. The number of aromatic nitrogens is 2. The van der Waals surface area contributed by atoms with Crippen LogP contribution in [0.15, 0.2) is 30.5 Å². The van der Waals surface area contributed by atoms with Crippen molar-refractivity contribution in [3.63, 3.8) is 0 Å². The lowest BCUT2D eigenvalue weighted by Crippen LogP contribution is -2.46. The van der Waals surface area contributed by atoms with Crippen LogP contribution < -0.4 is 10.1 Å². The topological polar surface area (TPSA) is 85.2 Å². The van der Waals surface area contributed by atoms with Gasteiger partial charge < -0.3 is 19.7 Å². The standard InChI is InChI=1S/C27H29F5N4O4/c1-14-9-21(39-13-16-18(28)7-6-8-19(16)29)23-33-15(2)22(36(23)10-14)24(37)34-20-12-35(11-17(20)27(30,31)32)25(38)40-26(3,4)5/h6-10,17,20H,11-13H2,1-5H3,(H,34,37). The summed E-state index contributed by atoms with van der Waals surface area (Å²) in [6.07, 6.45) is -4.06. The third-order valence-corrected chi connectivity index (χ3v) is 6.35. The fraction of sp³-hybridized carbons (Fsp3) is 0.444. The number of fused-ring (bicyclic) bond motifs is 1. The number of halogens is 5. The molecule has 4 rings (SSSR count). The first-order valence-electron chi connectivity index (χ1n) is 12.5. The summed E-state index contributed by atoms with van der Waals surface area (Å²) >= 11 is 0. The number of imidazole rings is 1. The normalized spacial score (nSPS) is 17.8. The second-order valence-corrected chi connectivity index (χ2v) is 10.7. The Morgan fingerprint density at radius 3 is 2.35 bits per heavy atom. The molecule has 0 aliphatic carbocycles. The first-order chi connectivity index (χ1) is 18.5. The van der Waals surface area contributed by atoms with E-state index in [2.05, 4.69) is 10.3 Å². The zero-order chi connectivity index (χ0) is 29.6. The quantitative estimate of drug-likeness (QED) is 0.421. The minimum absolute atomic E-state index is 0.0442. The number of rotatable bonds is 5. The van der Waals surface area contributed by atoms with Gasteiger partial charge in [-0.15, -0.1) is 0 Å². The number of aryl methyl sites for hydroxylation is 2. The van der Waals surface area contributed by atoms with Crippen molar-refractivity contribution >= 4 is 17.6 Å². The smallest absolute Gasteiger partial charge is 0.410 e. The molecule has 8 nitrogen and oxygen atoms in total. The van der Waals surface area contributed by atoms with Crippen LogP contribution in [-0.2, 0) is 11.3 Å². The SMILES string of the molecule is Cc1cc(OCc2c(F)cccc2F)c2nc(C)c(C(=O)NC3CN(C(=O)OC(C)(C)C)CC3C(F)(F)F)n2c1. The lowest BCUT2D eigenvalue weighted by molar-refractivity contribution is -0.174. The van der Waals surface area contributed by atoms with E-state index in [1.54, 1.807) is 40.0 Å². The number of nitrogens with zero attached hydrogens (tertiary/aromatic N) is 3. The Labute approximate surface area is 227 Å². The molecule has 3 heterocycles. The molecule has 1 aromatic carbocycles. The molecule has 2 atom stereocenters. The molecule has 0 radical (unpaired) electrons. The zero-order valence-corrected chi connectivity index (χ0v) is 22.5. The van der Waals surface area contributed by atoms with E-state index in [4.69, 9.17) is 9.47 Å². The van der Waals surface area contributed by atoms with Crippen LogP contribution in [0.5, 0.6) is 5.75 Å². The summed E-state index contributed by atoms with van der Waals surface area (Å²) in [7, 11) is 0. The van der Waals surface area contributed by atoms with Crippen LogP contribution in [0, 0.1) is 31.4 Å². The van der Waals surface area contributed by atoms with Gasteiger partial charge >= 0.3 is 12.3 Å². The van der Waals surface area contributed by atoms with Gasteiger partial charge in [-0.3, -0.25) is 9.20 Å². The molecule has 3 aromatic rings. The van der Waals surface area contributed by atoms with Crippen LogP contribution in [0.1, 0.15) is 48.1 Å². The van der Waals surface area contributed by atoms with Gasteiger partial charge in [0.2, 0.25) is 0 Å². The highest BCUT2D eigenvalue weighted by Gasteiger charge is 2.52. The fourth-order valence-electron chi connectivity index (χ4n) is 4.55. The van der Waals surface area contributed by atoms with E-state index in [1.807, 2.05) is 0 Å². The predicted molar refractivity (Wildman–Crippen MR) is 134 cm³/mol. The molecular weight excluding hydrogens is 539 g/mol. The maximum absolute atomic E-state index is 14.1. The second-order valence-electron chi connectivity index (χ2n) is 10.7. The fourth-order valence-corrected chi connectivity index (χ4v) is 4.55. The molecule has 1 aliphatic rings. The van der Waals surface area contributed by atoms with E-state index in [0.29, 0.717) is 5.56 Å². The van der Waals surface area contributed by atoms with Gasteiger partial charge in [0, 0.05) is 19.3 Å². The Balaban J connectivity index is 1.61. The van der Waals surface area contributed by atoms with Crippen LogP contribution in [0.2, 0.25) is 0 Å². The molecule has 1 N–H and O–H groups in total. The van der Waals surface area contributed by atoms with Gasteiger partial charge in [-0.2, -0.15) is 13.2 Å². The summed E-state index contributed by atoms with van der Waals surface area (Å²) in [6, 6.07) is 3.54. The maximum Gasteiger partial charge on any atom is 0.410 e. The Bertz CT molecular complexity index is 1430. The number of amides is 2. The van der Waals surface area contributed by atoms with Crippen molar-refractivity contribution in [1.29, 1.82) is 0 Å². The molecular formula is C27H29F5N4O4. The van der Waals surface area contributed by atoms with Crippen molar-refractivity contribution in [2.24, 2.45) is 5.92 Å². The summed E-state index contributed by atoms with van der Waals surface area (Å²) in [5, 5.41) is 2.42. The van der Waals surface area contributed by atoms with E-state index in [1.165, 1.54) is 17.4 Å². The van der Waals surface area contributed by atoms with Gasteiger partial charge in [0.1, 0.15) is 29.5 Å². The number of ether oxygens (including phenoxy) is 2. The number of nitrogens with one attached hydrogen (secondary N) is 1. The Kier molecular flexibility index (Phi) is 7.70. The Hall–Kier alpha value is -3.90. The van der Waals surface area contributed by atoms with Gasteiger partial charge in [-0.05, 0) is 58.4 Å². The number of likely N-dealkylation sites (tertiary alicyclic amines) is 1. The second kappa shape index (κ2) is 10.6. The van der Waals surface area contributed by atoms with Crippen molar-refractivity contribution in [3.8, 4) is 5.75 Å². The van der Waals surface area contributed by atoms with Gasteiger partial charge in [-0.1, -0.05) is 6.07 Å². The largest absolute Gasteiger partial charge is 0.485 e. The van der Waals surface area contributed by atoms with Gasteiger partial charge in [0.25, 0.3) is 5.91 Å². The first kappa shape index (κ1) is 29.1. The highest BCUT2D eigenvalue weighted by Crippen LogP contribution is 2.35. The number of pyridine rings is 1. The molecule has 13 heteroatoms. The third kappa shape index (κ3) is 6.13. The molecule has 2 unspecified atom stereocenters. The Morgan fingerprint density at radius 2 is 1.75 bits per heavy atom. The number of carbonyl (C=O) groups is 2. The summed E-state index contributed by atoms with van der Waals surface area (Å²) < 4.78 is 82.0. The zero-order valence-electron chi connectivity index (χ0n) is 22.5. The number of benzene rings is 1.